The molecule has 5 nitrogen and oxygen atoms in total. The van der Waals surface area contributed by atoms with Gasteiger partial charge in [0.25, 0.3) is 5.91 Å². The number of aryl methyl sites for hydroxylation is 2. The van der Waals surface area contributed by atoms with Crippen LogP contribution in [0.3, 0.4) is 0 Å². The van der Waals surface area contributed by atoms with Gasteiger partial charge >= 0.3 is 0 Å². The number of hydrogen-bond acceptors (Lipinski definition) is 4. The molecule has 0 aliphatic heterocycles. The van der Waals surface area contributed by atoms with Crippen molar-refractivity contribution in [1.82, 2.24) is 19.9 Å². The molecule has 0 saturated heterocycles. The molecule has 114 valence electrons. The lowest BCUT2D eigenvalue weighted by Gasteiger charge is -2.24. The largest absolute Gasteiger partial charge is 0.345 e. The van der Waals surface area contributed by atoms with E-state index in [4.69, 9.17) is 0 Å². The molecule has 1 aromatic carbocycles. The molecule has 6 heteroatoms. The minimum atomic E-state index is -0.00514. The molecule has 2 heterocycles. The van der Waals surface area contributed by atoms with Gasteiger partial charge in [-0.25, -0.2) is 9.97 Å². The molecule has 3 rings (SSSR count). The summed E-state index contributed by atoms with van der Waals surface area (Å²) in [6.45, 7) is 6.01. The van der Waals surface area contributed by atoms with Crippen LogP contribution in [0.2, 0.25) is 0 Å². The summed E-state index contributed by atoms with van der Waals surface area (Å²) in [5, 5.41) is 1.03. The van der Waals surface area contributed by atoms with Crippen molar-refractivity contribution < 1.29 is 4.79 Å². The Morgan fingerprint density at radius 2 is 2.14 bits per heavy atom. The quantitative estimate of drug-likeness (QED) is 0.805. The number of rotatable bonds is 3. The molecule has 0 spiro atoms. The van der Waals surface area contributed by atoms with Crippen LogP contribution in [-0.2, 0) is 0 Å². The predicted molar refractivity (Wildman–Crippen MR) is 88.2 cm³/mol. The number of aromatic nitrogens is 3. The number of nitrogens with one attached hydrogen (secondary N) is 1. The Kier molecular flexibility index (Phi) is 3.70. The van der Waals surface area contributed by atoms with Crippen molar-refractivity contribution >= 4 is 28.3 Å². The number of carbonyl (C=O) groups is 1. The molecule has 3 aromatic rings. The van der Waals surface area contributed by atoms with Crippen molar-refractivity contribution in [1.29, 1.82) is 0 Å². The summed E-state index contributed by atoms with van der Waals surface area (Å²) in [7, 11) is 1.83. The molecule has 22 heavy (non-hydrogen) atoms. The highest BCUT2D eigenvalue weighted by atomic mass is 32.1. The van der Waals surface area contributed by atoms with E-state index in [9.17, 15) is 4.79 Å². The predicted octanol–water partition coefficient (Wildman–Crippen LogP) is 3.47. The summed E-state index contributed by atoms with van der Waals surface area (Å²) in [5.41, 5.74) is 3.39. The Hall–Kier alpha value is -2.21. The van der Waals surface area contributed by atoms with Crippen molar-refractivity contribution in [2.24, 2.45) is 0 Å². The van der Waals surface area contributed by atoms with Crippen molar-refractivity contribution in [3.8, 4) is 0 Å². The van der Waals surface area contributed by atoms with Gasteiger partial charge in [0.15, 0.2) is 0 Å². The maximum Gasteiger partial charge on any atom is 0.254 e. The maximum atomic E-state index is 12.7. The van der Waals surface area contributed by atoms with Crippen LogP contribution < -0.4 is 0 Å². The van der Waals surface area contributed by atoms with Gasteiger partial charge in [-0.1, -0.05) is 0 Å². The fourth-order valence-corrected chi connectivity index (χ4v) is 3.58. The molecule has 0 saturated carbocycles. The van der Waals surface area contributed by atoms with Crippen LogP contribution in [0.25, 0.3) is 11.0 Å². The average molecular weight is 314 g/mol. The Labute approximate surface area is 133 Å². The van der Waals surface area contributed by atoms with Gasteiger partial charge < -0.3 is 9.88 Å². The molecule has 2 aromatic heterocycles. The number of carbonyl (C=O) groups excluding carboxylic acids is 1. The molecule has 0 aliphatic rings. The van der Waals surface area contributed by atoms with Crippen molar-refractivity contribution in [3.05, 3.63) is 45.7 Å². The first-order valence-electron chi connectivity index (χ1n) is 7.11. The van der Waals surface area contributed by atoms with E-state index >= 15 is 0 Å². The summed E-state index contributed by atoms with van der Waals surface area (Å²) < 4.78 is 0. The lowest BCUT2D eigenvalue weighted by Crippen LogP contribution is -2.29. The van der Waals surface area contributed by atoms with Crippen LogP contribution in [0.5, 0.6) is 0 Å². The first-order valence-corrected chi connectivity index (χ1v) is 7.93. The SMILES string of the molecule is Cc1nc(C)c(C(C)N(C)C(=O)c2ccc3nc[nH]c3c2)s1. The topological polar surface area (TPSA) is 61.9 Å². The number of imidazole rings is 1. The lowest BCUT2D eigenvalue weighted by molar-refractivity contribution is 0.0744. The summed E-state index contributed by atoms with van der Waals surface area (Å²) in [4.78, 5) is 27.3. The first-order chi connectivity index (χ1) is 10.5. The number of benzene rings is 1. The van der Waals surface area contributed by atoms with Crippen LogP contribution >= 0.6 is 11.3 Å². The first kappa shape index (κ1) is 14.7. The number of thiazole rings is 1. The van der Waals surface area contributed by atoms with Gasteiger partial charge in [-0.05, 0) is 39.0 Å². The van der Waals surface area contributed by atoms with E-state index in [0.717, 1.165) is 26.6 Å². The van der Waals surface area contributed by atoms with E-state index in [1.807, 2.05) is 46.0 Å². The van der Waals surface area contributed by atoms with Crippen molar-refractivity contribution in [3.63, 3.8) is 0 Å². The Morgan fingerprint density at radius 1 is 1.36 bits per heavy atom. The van der Waals surface area contributed by atoms with E-state index in [1.165, 1.54) is 0 Å². The number of nitrogens with zero attached hydrogens (tertiary/aromatic N) is 3. The lowest BCUT2D eigenvalue weighted by atomic mass is 10.1. The summed E-state index contributed by atoms with van der Waals surface area (Å²) in [6.07, 6.45) is 1.63. The molecule has 1 amide bonds. The highest BCUT2D eigenvalue weighted by molar-refractivity contribution is 7.11. The highest BCUT2D eigenvalue weighted by Gasteiger charge is 2.22. The zero-order valence-corrected chi connectivity index (χ0v) is 13.9. The number of hydrogen-bond donors (Lipinski definition) is 1. The fraction of sp³-hybridized carbons (Fsp3) is 0.312. The highest BCUT2D eigenvalue weighted by Crippen LogP contribution is 2.29. The summed E-state index contributed by atoms with van der Waals surface area (Å²) in [5.74, 6) is -0.00514. The number of aromatic amines is 1. The molecule has 1 atom stereocenters. The molecule has 1 N–H and O–H groups in total. The second kappa shape index (κ2) is 5.53. The number of H-pyrrole nitrogens is 1. The van der Waals surface area contributed by atoms with Gasteiger partial charge in [0.2, 0.25) is 0 Å². The van der Waals surface area contributed by atoms with E-state index in [1.54, 1.807) is 22.6 Å². The maximum absolute atomic E-state index is 12.7. The van der Waals surface area contributed by atoms with Crippen LogP contribution in [0.1, 0.15) is 38.9 Å². The molecular formula is C16H18N4OS. The van der Waals surface area contributed by atoms with Crippen LogP contribution in [0, 0.1) is 13.8 Å². The third kappa shape index (κ3) is 2.50. The van der Waals surface area contributed by atoms with Crippen LogP contribution in [0.15, 0.2) is 24.5 Å². The monoisotopic (exact) mass is 314 g/mol. The number of fused-ring (bicyclic) bond motifs is 1. The minimum absolute atomic E-state index is 0.00355. The van der Waals surface area contributed by atoms with Crippen molar-refractivity contribution in [2.75, 3.05) is 7.05 Å². The molecule has 0 bridgehead atoms. The van der Waals surface area contributed by atoms with E-state index < -0.39 is 0 Å². The van der Waals surface area contributed by atoms with E-state index in [2.05, 4.69) is 15.0 Å². The van der Waals surface area contributed by atoms with Crippen molar-refractivity contribution in [2.45, 2.75) is 26.8 Å². The summed E-state index contributed by atoms with van der Waals surface area (Å²) >= 11 is 1.65. The molecule has 0 aliphatic carbocycles. The fourth-order valence-electron chi connectivity index (χ4n) is 2.56. The van der Waals surface area contributed by atoms with Gasteiger partial charge in [0, 0.05) is 17.5 Å². The second-order valence-corrected chi connectivity index (χ2v) is 6.64. The van der Waals surface area contributed by atoms with Gasteiger partial charge in [-0.2, -0.15) is 0 Å². The molecular weight excluding hydrogens is 296 g/mol. The van der Waals surface area contributed by atoms with Crippen LogP contribution in [-0.4, -0.2) is 32.8 Å². The van der Waals surface area contributed by atoms with Gasteiger partial charge in [0.1, 0.15) is 0 Å². The zero-order chi connectivity index (χ0) is 15.9. The van der Waals surface area contributed by atoms with Gasteiger partial charge in [0.05, 0.1) is 34.1 Å². The Balaban J connectivity index is 1.88. The number of amides is 1. The normalized spacial score (nSPS) is 12.5. The summed E-state index contributed by atoms with van der Waals surface area (Å²) in [6, 6.07) is 5.52. The Morgan fingerprint density at radius 3 is 2.82 bits per heavy atom. The zero-order valence-electron chi connectivity index (χ0n) is 13.0. The third-order valence-electron chi connectivity index (χ3n) is 3.89. The van der Waals surface area contributed by atoms with E-state index in [-0.39, 0.29) is 11.9 Å². The molecule has 0 radical (unpaired) electrons. The third-order valence-corrected chi connectivity index (χ3v) is 5.13. The van der Waals surface area contributed by atoms with Gasteiger partial charge in [-0.3, -0.25) is 4.79 Å². The van der Waals surface area contributed by atoms with E-state index in [0.29, 0.717) is 5.56 Å². The smallest absolute Gasteiger partial charge is 0.254 e. The molecule has 0 fully saturated rings. The molecule has 1 unspecified atom stereocenters. The Bertz CT molecular complexity index is 836. The minimum Gasteiger partial charge on any atom is -0.345 e. The van der Waals surface area contributed by atoms with Gasteiger partial charge in [-0.15, -0.1) is 11.3 Å². The second-order valence-electron chi connectivity index (χ2n) is 5.41. The van der Waals surface area contributed by atoms with Crippen LogP contribution in [0.4, 0.5) is 0 Å². The average Bonchev–Trinajstić information content (AvgIpc) is 3.10. The standard InChI is InChI=1S/C16H18N4OS/c1-9-15(22-11(3)19-9)10(2)20(4)16(21)12-5-6-13-14(7-12)18-8-17-13/h5-8,10H,1-4H3,(H,17,18).